The van der Waals surface area contributed by atoms with E-state index in [4.69, 9.17) is 4.74 Å². The van der Waals surface area contributed by atoms with Crippen molar-refractivity contribution in [3.05, 3.63) is 0 Å². The molecule has 0 amide bonds. The Labute approximate surface area is 117 Å². The summed E-state index contributed by atoms with van der Waals surface area (Å²) in [7, 11) is 2.21. The summed E-state index contributed by atoms with van der Waals surface area (Å²) < 4.78 is 5.73. The first kappa shape index (κ1) is 16.2. The molecule has 1 N–H and O–H groups in total. The monoisotopic (exact) mass is 275 g/mol. The largest absolute Gasteiger partial charge is 0.374 e. The molecule has 1 rings (SSSR count). The normalized spacial score (nSPS) is 22.0. The van der Waals surface area contributed by atoms with Gasteiger partial charge >= 0.3 is 0 Å². The van der Waals surface area contributed by atoms with Crippen LogP contribution in [0.15, 0.2) is 0 Å². The van der Waals surface area contributed by atoms with Crippen molar-refractivity contribution in [3.63, 3.8) is 0 Å². The summed E-state index contributed by atoms with van der Waals surface area (Å²) in [6, 6.07) is 0. The zero-order chi connectivity index (χ0) is 13.4. The second-order valence-electron chi connectivity index (χ2n) is 5.56. The van der Waals surface area contributed by atoms with Crippen LogP contribution >= 0.6 is 12.6 Å². The molecule has 0 aromatic carbocycles. The molecular formula is C13H29N3OS. The molecule has 4 nitrogen and oxygen atoms in total. The number of likely N-dealkylation sites (N-methyl/N-ethyl adjacent to an activating group) is 1. The third-order valence-electron chi connectivity index (χ3n) is 3.18. The van der Waals surface area contributed by atoms with Gasteiger partial charge in [0.15, 0.2) is 0 Å². The number of ether oxygens (including phenoxy) is 1. The minimum Gasteiger partial charge on any atom is -0.374 e. The van der Waals surface area contributed by atoms with Gasteiger partial charge in [-0.05, 0) is 13.0 Å². The zero-order valence-corrected chi connectivity index (χ0v) is 13.0. The van der Waals surface area contributed by atoms with Crippen molar-refractivity contribution in [2.45, 2.75) is 20.0 Å². The lowest BCUT2D eigenvalue weighted by Gasteiger charge is -2.34. The number of nitrogens with one attached hydrogen (secondary N) is 1. The number of morpholine rings is 1. The second kappa shape index (κ2) is 9.15. The van der Waals surface area contributed by atoms with Gasteiger partial charge in [-0.1, -0.05) is 13.8 Å². The number of nitrogens with zero attached hydrogens (tertiary/aromatic N) is 2. The SMILES string of the molecule is CC(C)CN(C)CCN1CCOC(CNCS)C1. The topological polar surface area (TPSA) is 27.7 Å². The Hall–Kier alpha value is 0.190. The van der Waals surface area contributed by atoms with E-state index >= 15 is 0 Å². The lowest BCUT2D eigenvalue weighted by Crippen LogP contribution is -2.48. The van der Waals surface area contributed by atoms with Crippen molar-refractivity contribution in [2.24, 2.45) is 5.92 Å². The average Bonchev–Trinajstić information content (AvgIpc) is 2.33. The van der Waals surface area contributed by atoms with Crippen molar-refractivity contribution >= 4 is 12.6 Å². The summed E-state index contributed by atoms with van der Waals surface area (Å²) in [6.45, 7) is 11.9. The molecule has 1 atom stereocenters. The fourth-order valence-electron chi connectivity index (χ4n) is 2.36. The van der Waals surface area contributed by atoms with Crippen LogP contribution in [-0.2, 0) is 4.74 Å². The molecule has 0 saturated carbocycles. The second-order valence-corrected chi connectivity index (χ2v) is 5.88. The summed E-state index contributed by atoms with van der Waals surface area (Å²) >= 11 is 4.16. The van der Waals surface area contributed by atoms with E-state index in [0.29, 0.717) is 6.10 Å². The van der Waals surface area contributed by atoms with Crippen molar-refractivity contribution in [1.29, 1.82) is 0 Å². The molecule has 1 heterocycles. The van der Waals surface area contributed by atoms with Gasteiger partial charge in [-0.2, -0.15) is 12.6 Å². The highest BCUT2D eigenvalue weighted by Crippen LogP contribution is 2.05. The van der Waals surface area contributed by atoms with E-state index in [1.807, 2.05) is 0 Å². The van der Waals surface area contributed by atoms with Crippen LogP contribution in [0.25, 0.3) is 0 Å². The van der Waals surface area contributed by atoms with E-state index < -0.39 is 0 Å². The number of rotatable bonds is 8. The first-order valence-corrected chi connectivity index (χ1v) is 7.59. The van der Waals surface area contributed by atoms with Crippen LogP contribution in [0.3, 0.4) is 0 Å². The van der Waals surface area contributed by atoms with Crippen LogP contribution in [0.4, 0.5) is 0 Å². The quantitative estimate of drug-likeness (QED) is 0.505. The van der Waals surface area contributed by atoms with Crippen molar-refractivity contribution in [3.8, 4) is 0 Å². The van der Waals surface area contributed by atoms with Gasteiger partial charge in [-0.15, -0.1) is 0 Å². The van der Waals surface area contributed by atoms with E-state index in [1.165, 1.54) is 6.54 Å². The van der Waals surface area contributed by atoms with Gasteiger partial charge in [0.25, 0.3) is 0 Å². The Bertz CT molecular complexity index is 216. The van der Waals surface area contributed by atoms with Crippen molar-refractivity contribution in [2.75, 3.05) is 58.8 Å². The summed E-state index contributed by atoms with van der Waals surface area (Å²) in [5.74, 6) is 1.46. The lowest BCUT2D eigenvalue weighted by molar-refractivity contribution is -0.0282. The molecule has 0 radical (unpaired) electrons. The third-order valence-corrected chi connectivity index (χ3v) is 3.41. The average molecular weight is 275 g/mol. The van der Waals surface area contributed by atoms with Gasteiger partial charge in [-0.3, -0.25) is 4.90 Å². The van der Waals surface area contributed by atoms with Crippen molar-refractivity contribution < 1.29 is 4.74 Å². The summed E-state index contributed by atoms with van der Waals surface area (Å²) in [5.41, 5.74) is 0. The summed E-state index contributed by atoms with van der Waals surface area (Å²) in [4.78, 5) is 4.92. The van der Waals surface area contributed by atoms with E-state index in [0.717, 1.165) is 51.1 Å². The molecule has 5 heteroatoms. The molecule has 1 saturated heterocycles. The molecule has 0 bridgehead atoms. The Morgan fingerprint density at radius 2 is 2.28 bits per heavy atom. The molecule has 0 aromatic rings. The smallest absolute Gasteiger partial charge is 0.0827 e. The molecule has 1 unspecified atom stereocenters. The fourth-order valence-corrected chi connectivity index (χ4v) is 2.49. The van der Waals surface area contributed by atoms with E-state index in [1.54, 1.807) is 0 Å². The summed E-state index contributed by atoms with van der Waals surface area (Å²) in [5, 5.41) is 3.23. The Balaban J connectivity index is 2.17. The van der Waals surface area contributed by atoms with Gasteiger partial charge < -0.3 is 15.0 Å². The van der Waals surface area contributed by atoms with Crippen LogP contribution in [0.2, 0.25) is 0 Å². The van der Waals surface area contributed by atoms with Crippen LogP contribution in [0.5, 0.6) is 0 Å². The molecule has 18 heavy (non-hydrogen) atoms. The number of hydrogen-bond acceptors (Lipinski definition) is 5. The van der Waals surface area contributed by atoms with Crippen LogP contribution < -0.4 is 5.32 Å². The molecule has 0 aromatic heterocycles. The maximum Gasteiger partial charge on any atom is 0.0827 e. The highest BCUT2D eigenvalue weighted by Gasteiger charge is 2.19. The Morgan fingerprint density at radius 3 is 2.94 bits per heavy atom. The van der Waals surface area contributed by atoms with Gasteiger partial charge in [0.2, 0.25) is 0 Å². The highest BCUT2D eigenvalue weighted by atomic mass is 32.1. The minimum atomic E-state index is 0.321. The van der Waals surface area contributed by atoms with Gasteiger partial charge in [0, 0.05) is 45.1 Å². The number of hydrogen-bond donors (Lipinski definition) is 2. The van der Waals surface area contributed by atoms with Crippen molar-refractivity contribution in [1.82, 2.24) is 15.1 Å². The standard InChI is InChI=1S/C13H29N3OS/c1-12(2)9-15(3)4-5-16-6-7-17-13(10-16)8-14-11-18/h12-14,18H,4-11H2,1-3H3. The maximum absolute atomic E-state index is 5.73. The van der Waals surface area contributed by atoms with Gasteiger partial charge in [0.05, 0.1) is 12.7 Å². The first-order chi connectivity index (χ1) is 8.61. The Kier molecular flexibility index (Phi) is 8.26. The first-order valence-electron chi connectivity index (χ1n) is 6.96. The lowest BCUT2D eigenvalue weighted by atomic mass is 10.2. The van der Waals surface area contributed by atoms with Gasteiger partial charge in [-0.25, -0.2) is 0 Å². The third kappa shape index (κ3) is 6.95. The zero-order valence-electron chi connectivity index (χ0n) is 12.1. The molecule has 1 aliphatic heterocycles. The predicted octanol–water partition coefficient (Wildman–Crippen LogP) is 0.752. The van der Waals surface area contributed by atoms with Crippen LogP contribution in [0.1, 0.15) is 13.8 Å². The highest BCUT2D eigenvalue weighted by molar-refractivity contribution is 7.80. The molecule has 108 valence electrons. The van der Waals surface area contributed by atoms with Gasteiger partial charge in [0.1, 0.15) is 0 Å². The fraction of sp³-hybridized carbons (Fsp3) is 1.00. The Morgan fingerprint density at radius 1 is 1.50 bits per heavy atom. The van der Waals surface area contributed by atoms with Crippen LogP contribution in [0, 0.1) is 5.92 Å². The van der Waals surface area contributed by atoms with Crippen LogP contribution in [-0.4, -0.2) is 74.7 Å². The number of thiol groups is 1. The molecule has 0 aliphatic carbocycles. The van der Waals surface area contributed by atoms with E-state index in [9.17, 15) is 0 Å². The molecule has 1 aliphatic rings. The molecule has 1 fully saturated rings. The van der Waals surface area contributed by atoms with E-state index in [2.05, 4.69) is 48.6 Å². The predicted molar refractivity (Wildman–Crippen MR) is 80.4 cm³/mol. The maximum atomic E-state index is 5.73. The molecular weight excluding hydrogens is 246 g/mol. The summed E-state index contributed by atoms with van der Waals surface area (Å²) in [6.07, 6.45) is 0.321. The van der Waals surface area contributed by atoms with E-state index in [-0.39, 0.29) is 0 Å². The minimum absolute atomic E-state index is 0.321. The molecule has 0 spiro atoms.